The number of aryl methyl sites for hydroxylation is 1. The van der Waals surface area contributed by atoms with Crippen molar-refractivity contribution in [2.75, 3.05) is 10.7 Å². The van der Waals surface area contributed by atoms with E-state index >= 15 is 0 Å². The summed E-state index contributed by atoms with van der Waals surface area (Å²) in [6.45, 7) is 6.21. The van der Waals surface area contributed by atoms with Crippen LogP contribution in [-0.2, 0) is 6.42 Å². The van der Waals surface area contributed by atoms with Crippen molar-refractivity contribution in [2.45, 2.75) is 45.6 Å². The predicted octanol–water partition coefficient (Wildman–Crippen LogP) is 1.60. The second kappa shape index (κ2) is 3.90. The molecule has 16 heavy (non-hydrogen) atoms. The van der Waals surface area contributed by atoms with E-state index in [2.05, 4.69) is 27.6 Å². The fraction of sp³-hybridized carbons (Fsp3) is 0.636. The average molecular weight is 221 g/mol. The van der Waals surface area contributed by atoms with Gasteiger partial charge in [-0.25, -0.2) is 15.8 Å². The van der Waals surface area contributed by atoms with Gasteiger partial charge in [0, 0.05) is 17.5 Å². The molecule has 0 aromatic carbocycles. The number of anilines is 2. The van der Waals surface area contributed by atoms with Gasteiger partial charge in [-0.2, -0.15) is 0 Å². The fourth-order valence-electron chi connectivity index (χ4n) is 1.58. The first-order valence-electron chi connectivity index (χ1n) is 5.70. The molecule has 0 atom stereocenters. The van der Waals surface area contributed by atoms with Crippen molar-refractivity contribution in [3.63, 3.8) is 0 Å². The molecular weight excluding hydrogens is 202 g/mol. The molecule has 88 valence electrons. The Morgan fingerprint density at radius 2 is 1.94 bits per heavy atom. The molecule has 4 N–H and O–H groups in total. The monoisotopic (exact) mass is 221 g/mol. The van der Waals surface area contributed by atoms with Gasteiger partial charge in [-0.05, 0) is 26.7 Å². The van der Waals surface area contributed by atoms with Crippen LogP contribution in [0.3, 0.4) is 0 Å². The van der Waals surface area contributed by atoms with Crippen molar-refractivity contribution in [1.82, 2.24) is 9.97 Å². The zero-order valence-electron chi connectivity index (χ0n) is 10.1. The Bertz CT molecular complexity index is 398. The van der Waals surface area contributed by atoms with Gasteiger partial charge >= 0.3 is 0 Å². The number of nitrogens with zero attached hydrogens (tertiary/aromatic N) is 2. The maximum atomic E-state index is 5.45. The van der Waals surface area contributed by atoms with Crippen molar-refractivity contribution >= 4 is 11.6 Å². The number of hydrazine groups is 1. The standard InChI is InChI=1S/C11H19N5/c1-4-8-13-9(15-11(3)5-6-11)7(2)10(14-8)16-12/h4-6,12H2,1-3H3,(H2,13,14,15,16). The summed E-state index contributed by atoms with van der Waals surface area (Å²) in [6.07, 6.45) is 3.20. The SMILES string of the molecule is CCc1nc(NN)c(C)c(NC2(C)CC2)n1. The molecule has 0 radical (unpaired) electrons. The van der Waals surface area contributed by atoms with E-state index in [0.29, 0.717) is 5.82 Å². The van der Waals surface area contributed by atoms with Gasteiger partial charge < -0.3 is 10.7 Å². The summed E-state index contributed by atoms with van der Waals surface area (Å²) in [5, 5.41) is 3.46. The summed E-state index contributed by atoms with van der Waals surface area (Å²) in [6, 6.07) is 0. The van der Waals surface area contributed by atoms with Crippen molar-refractivity contribution in [3.05, 3.63) is 11.4 Å². The van der Waals surface area contributed by atoms with Crippen molar-refractivity contribution in [3.8, 4) is 0 Å². The fourth-order valence-corrected chi connectivity index (χ4v) is 1.58. The minimum absolute atomic E-state index is 0.218. The van der Waals surface area contributed by atoms with Gasteiger partial charge in [-0.1, -0.05) is 6.92 Å². The smallest absolute Gasteiger partial charge is 0.148 e. The molecule has 1 aliphatic carbocycles. The lowest BCUT2D eigenvalue weighted by Gasteiger charge is -2.17. The maximum absolute atomic E-state index is 5.45. The molecule has 1 heterocycles. The van der Waals surface area contributed by atoms with E-state index in [4.69, 9.17) is 5.84 Å². The third-order valence-corrected chi connectivity index (χ3v) is 3.07. The van der Waals surface area contributed by atoms with Gasteiger partial charge in [0.05, 0.1) is 0 Å². The van der Waals surface area contributed by atoms with Gasteiger partial charge in [0.1, 0.15) is 17.5 Å². The first-order chi connectivity index (χ1) is 7.58. The predicted molar refractivity (Wildman–Crippen MR) is 65.2 cm³/mol. The van der Waals surface area contributed by atoms with E-state index < -0.39 is 0 Å². The molecule has 0 saturated heterocycles. The highest BCUT2D eigenvalue weighted by Gasteiger charge is 2.38. The Labute approximate surface area is 95.8 Å². The van der Waals surface area contributed by atoms with Crippen molar-refractivity contribution in [1.29, 1.82) is 0 Å². The second-order valence-corrected chi connectivity index (χ2v) is 4.65. The Hall–Kier alpha value is -1.36. The van der Waals surface area contributed by atoms with Crippen LogP contribution in [0.25, 0.3) is 0 Å². The van der Waals surface area contributed by atoms with Crippen molar-refractivity contribution < 1.29 is 0 Å². The van der Waals surface area contributed by atoms with Crippen LogP contribution in [0.15, 0.2) is 0 Å². The van der Waals surface area contributed by atoms with Crippen LogP contribution in [0.4, 0.5) is 11.6 Å². The Morgan fingerprint density at radius 3 is 2.44 bits per heavy atom. The lowest BCUT2D eigenvalue weighted by molar-refractivity contribution is 0.808. The maximum Gasteiger partial charge on any atom is 0.148 e. The van der Waals surface area contributed by atoms with Gasteiger partial charge in [0.25, 0.3) is 0 Å². The molecule has 2 rings (SSSR count). The number of nitrogen functional groups attached to an aromatic ring is 1. The zero-order valence-corrected chi connectivity index (χ0v) is 10.1. The second-order valence-electron chi connectivity index (χ2n) is 4.65. The summed E-state index contributed by atoms with van der Waals surface area (Å²) < 4.78 is 0. The van der Waals surface area contributed by atoms with Crippen LogP contribution in [0.1, 0.15) is 38.1 Å². The van der Waals surface area contributed by atoms with Crippen LogP contribution in [0.5, 0.6) is 0 Å². The molecule has 1 aliphatic rings. The third-order valence-electron chi connectivity index (χ3n) is 3.07. The quantitative estimate of drug-likeness (QED) is 0.532. The first kappa shape index (κ1) is 11.1. The van der Waals surface area contributed by atoms with Crippen LogP contribution in [0, 0.1) is 6.92 Å². The topological polar surface area (TPSA) is 75.9 Å². The highest BCUT2D eigenvalue weighted by molar-refractivity contribution is 5.58. The molecule has 1 fully saturated rings. The molecule has 0 amide bonds. The van der Waals surface area contributed by atoms with E-state index in [9.17, 15) is 0 Å². The Balaban J connectivity index is 2.34. The van der Waals surface area contributed by atoms with E-state index in [1.807, 2.05) is 13.8 Å². The van der Waals surface area contributed by atoms with Gasteiger partial charge in [-0.3, -0.25) is 0 Å². The van der Waals surface area contributed by atoms with E-state index in [-0.39, 0.29) is 5.54 Å². The van der Waals surface area contributed by atoms with E-state index in [0.717, 1.165) is 23.6 Å². The average Bonchev–Trinajstić information content (AvgIpc) is 2.99. The van der Waals surface area contributed by atoms with Crippen LogP contribution in [0.2, 0.25) is 0 Å². The molecule has 0 spiro atoms. The van der Waals surface area contributed by atoms with Crippen LogP contribution < -0.4 is 16.6 Å². The normalized spacial score (nSPS) is 17.0. The Morgan fingerprint density at radius 1 is 1.31 bits per heavy atom. The zero-order chi connectivity index (χ0) is 11.8. The summed E-state index contributed by atoms with van der Waals surface area (Å²) in [7, 11) is 0. The van der Waals surface area contributed by atoms with Gasteiger partial charge in [0.15, 0.2) is 0 Å². The van der Waals surface area contributed by atoms with E-state index in [1.54, 1.807) is 0 Å². The molecule has 1 aromatic heterocycles. The van der Waals surface area contributed by atoms with Crippen LogP contribution in [-0.4, -0.2) is 15.5 Å². The number of nitrogens with one attached hydrogen (secondary N) is 2. The largest absolute Gasteiger partial charge is 0.365 e. The van der Waals surface area contributed by atoms with E-state index in [1.165, 1.54) is 12.8 Å². The summed E-state index contributed by atoms with van der Waals surface area (Å²) in [5.41, 5.74) is 3.82. The van der Waals surface area contributed by atoms with Gasteiger partial charge in [0.2, 0.25) is 0 Å². The first-order valence-corrected chi connectivity index (χ1v) is 5.70. The van der Waals surface area contributed by atoms with Crippen molar-refractivity contribution in [2.24, 2.45) is 5.84 Å². The molecule has 5 heteroatoms. The number of aromatic nitrogens is 2. The van der Waals surface area contributed by atoms with Gasteiger partial charge in [-0.15, -0.1) is 0 Å². The number of hydrogen-bond acceptors (Lipinski definition) is 5. The number of rotatable bonds is 4. The highest BCUT2D eigenvalue weighted by Crippen LogP contribution is 2.38. The molecular formula is C11H19N5. The molecule has 0 aliphatic heterocycles. The molecule has 1 saturated carbocycles. The summed E-state index contributed by atoms with van der Waals surface area (Å²) >= 11 is 0. The number of hydrogen-bond donors (Lipinski definition) is 3. The molecule has 0 unspecified atom stereocenters. The minimum atomic E-state index is 0.218. The molecule has 0 bridgehead atoms. The summed E-state index contributed by atoms with van der Waals surface area (Å²) in [4.78, 5) is 8.84. The summed E-state index contributed by atoms with van der Waals surface area (Å²) in [5.74, 6) is 7.87. The van der Waals surface area contributed by atoms with Crippen LogP contribution >= 0.6 is 0 Å². The highest BCUT2D eigenvalue weighted by atomic mass is 15.3. The lowest BCUT2D eigenvalue weighted by Crippen LogP contribution is -2.20. The molecule has 1 aromatic rings. The Kier molecular flexibility index (Phi) is 2.71. The minimum Gasteiger partial charge on any atom is -0.365 e. The lowest BCUT2D eigenvalue weighted by atomic mass is 10.2. The molecule has 5 nitrogen and oxygen atoms in total. The number of nitrogens with two attached hydrogens (primary N) is 1. The third kappa shape index (κ3) is 2.09.